The summed E-state index contributed by atoms with van der Waals surface area (Å²) >= 11 is 15.3. The summed E-state index contributed by atoms with van der Waals surface area (Å²) in [5, 5.41) is 14.8. The summed E-state index contributed by atoms with van der Waals surface area (Å²) < 4.78 is 6.40. The lowest BCUT2D eigenvalue weighted by atomic mass is 10.2. The first-order chi connectivity index (χ1) is 13.9. The van der Waals surface area contributed by atoms with Crippen molar-refractivity contribution in [2.24, 2.45) is 5.10 Å². The van der Waals surface area contributed by atoms with E-state index in [4.69, 9.17) is 27.9 Å². The fourth-order valence-electron chi connectivity index (χ4n) is 2.37. The van der Waals surface area contributed by atoms with Crippen LogP contribution in [0.3, 0.4) is 0 Å². The third-order valence-electron chi connectivity index (χ3n) is 3.87. The number of halogens is 3. The largest absolute Gasteiger partial charge is 0.507 e. The second kappa shape index (κ2) is 9.78. The Kier molecular flexibility index (Phi) is 7.14. The number of carbonyl (C=O) groups is 1. The maximum absolute atomic E-state index is 12.1. The van der Waals surface area contributed by atoms with Crippen molar-refractivity contribution < 1.29 is 14.6 Å². The maximum Gasteiger partial charge on any atom is 0.275 e. The molecule has 0 heterocycles. The normalized spacial score (nSPS) is 10.9. The van der Waals surface area contributed by atoms with Gasteiger partial charge in [0.15, 0.2) is 0 Å². The number of rotatable bonds is 6. The van der Waals surface area contributed by atoms with Crippen LogP contribution in [-0.4, -0.2) is 17.2 Å². The molecular formula is C21H15BrCl2N2O3. The maximum atomic E-state index is 12.1. The van der Waals surface area contributed by atoms with Crippen LogP contribution in [0.4, 0.5) is 0 Å². The van der Waals surface area contributed by atoms with Crippen LogP contribution in [0.25, 0.3) is 0 Å². The first-order valence-electron chi connectivity index (χ1n) is 8.41. The molecular weight excluding hydrogens is 479 g/mol. The number of aromatic hydroxyl groups is 1. The van der Waals surface area contributed by atoms with E-state index in [-0.39, 0.29) is 11.3 Å². The Balaban J connectivity index is 1.56. The summed E-state index contributed by atoms with van der Waals surface area (Å²) in [6.07, 6.45) is 1.49. The van der Waals surface area contributed by atoms with Crippen molar-refractivity contribution in [2.75, 3.05) is 0 Å². The van der Waals surface area contributed by atoms with E-state index in [1.807, 2.05) is 6.07 Å². The molecule has 0 fully saturated rings. The fraction of sp³-hybridized carbons (Fsp3) is 0.0476. The number of phenolic OH excluding ortho intramolecular Hbond substituents is 1. The van der Waals surface area contributed by atoms with E-state index in [0.717, 1.165) is 11.1 Å². The summed E-state index contributed by atoms with van der Waals surface area (Å²) in [5.74, 6) is 0.0271. The molecule has 0 unspecified atom stereocenters. The molecule has 3 aromatic carbocycles. The van der Waals surface area contributed by atoms with Gasteiger partial charge in [0.1, 0.15) is 18.1 Å². The van der Waals surface area contributed by atoms with Crippen molar-refractivity contribution >= 4 is 51.3 Å². The lowest BCUT2D eigenvalue weighted by Gasteiger charge is -2.08. The second-order valence-electron chi connectivity index (χ2n) is 5.95. The summed E-state index contributed by atoms with van der Waals surface area (Å²) in [5.41, 5.74) is 4.10. The number of ether oxygens (including phenoxy) is 1. The highest BCUT2D eigenvalue weighted by Crippen LogP contribution is 2.23. The van der Waals surface area contributed by atoms with Gasteiger partial charge in [0.25, 0.3) is 5.91 Å². The summed E-state index contributed by atoms with van der Waals surface area (Å²) in [6, 6.07) is 17.0. The third kappa shape index (κ3) is 5.97. The number of nitrogens with zero attached hydrogens (tertiary/aromatic N) is 1. The minimum Gasteiger partial charge on any atom is -0.507 e. The highest BCUT2D eigenvalue weighted by atomic mass is 79.9. The van der Waals surface area contributed by atoms with Gasteiger partial charge in [-0.15, -0.1) is 0 Å². The summed E-state index contributed by atoms with van der Waals surface area (Å²) in [6.45, 7) is 0.315. The molecule has 0 saturated carbocycles. The molecule has 0 spiro atoms. The van der Waals surface area contributed by atoms with E-state index in [2.05, 4.69) is 26.5 Å². The number of amides is 1. The van der Waals surface area contributed by atoms with Crippen LogP contribution in [0.2, 0.25) is 10.0 Å². The first kappa shape index (κ1) is 21.2. The van der Waals surface area contributed by atoms with E-state index < -0.39 is 5.91 Å². The molecule has 0 radical (unpaired) electrons. The molecule has 0 aliphatic carbocycles. The van der Waals surface area contributed by atoms with Gasteiger partial charge < -0.3 is 9.84 Å². The third-order valence-corrected chi connectivity index (χ3v) is 4.95. The Morgan fingerprint density at radius 3 is 2.59 bits per heavy atom. The van der Waals surface area contributed by atoms with Gasteiger partial charge in [0.2, 0.25) is 0 Å². The molecule has 0 bridgehead atoms. The second-order valence-corrected chi connectivity index (χ2v) is 7.71. The van der Waals surface area contributed by atoms with Crippen LogP contribution >= 0.6 is 39.1 Å². The van der Waals surface area contributed by atoms with Crippen LogP contribution in [0, 0.1) is 0 Å². The lowest BCUT2D eigenvalue weighted by Crippen LogP contribution is -2.17. The number of hydrogen-bond donors (Lipinski definition) is 2. The lowest BCUT2D eigenvalue weighted by molar-refractivity contribution is 0.0952. The van der Waals surface area contributed by atoms with E-state index in [9.17, 15) is 9.90 Å². The monoisotopic (exact) mass is 492 g/mol. The van der Waals surface area contributed by atoms with E-state index in [1.165, 1.54) is 18.3 Å². The minimum absolute atomic E-state index is 0.122. The van der Waals surface area contributed by atoms with Crippen molar-refractivity contribution in [1.29, 1.82) is 0 Å². The molecule has 5 nitrogen and oxygen atoms in total. The standard InChI is InChI=1S/C21H15BrCl2N2O3/c22-15-4-8-20(27)18(9-15)21(28)26-25-11-13-1-6-17(7-2-13)29-12-14-3-5-16(23)10-19(14)24/h1-11,27H,12H2,(H,26,28)/b25-11+. The number of phenols is 1. The van der Waals surface area contributed by atoms with Crippen LogP contribution in [0.15, 0.2) is 70.2 Å². The highest BCUT2D eigenvalue weighted by molar-refractivity contribution is 9.10. The van der Waals surface area contributed by atoms with Crippen LogP contribution in [-0.2, 0) is 6.61 Å². The van der Waals surface area contributed by atoms with Gasteiger partial charge in [-0.3, -0.25) is 4.79 Å². The van der Waals surface area contributed by atoms with Crippen molar-refractivity contribution in [2.45, 2.75) is 6.61 Å². The quantitative estimate of drug-likeness (QED) is 0.336. The number of hydrazone groups is 1. The molecule has 1 amide bonds. The predicted octanol–water partition coefficient (Wildman–Crippen LogP) is 5.80. The minimum atomic E-state index is -0.514. The zero-order valence-electron chi connectivity index (χ0n) is 14.9. The van der Waals surface area contributed by atoms with Crippen molar-refractivity contribution in [3.8, 4) is 11.5 Å². The molecule has 8 heteroatoms. The predicted molar refractivity (Wildman–Crippen MR) is 118 cm³/mol. The van der Waals surface area contributed by atoms with Gasteiger partial charge in [-0.25, -0.2) is 5.43 Å². The molecule has 0 atom stereocenters. The molecule has 3 aromatic rings. The highest BCUT2D eigenvalue weighted by Gasteiger charge is 2.10. The van der Waals surface area contributed by atoms with Crippen molar-refractivity contribution in [3.63, 3.8) is 0 Å². The number of carbonyl (C=O) groups excluding carboxylic acids is 1. The SMILES string of the molecule is O=C(N/N=C/c1ccc(OCc2ccc(Cl)cc2Cl)cc1)c1cc(Br)ccc1O. The van der Waals surface area contributed by atoms with E-state index in [0.29, 0.717) is 26.9 Å². The van der Waals surface area contributed by atoms with Gasteiger partial charge in [0, 0.05) is 20.1 Å². The Morgan fingerprint density at radius 2 is 1.86 bits per heavy atom. The topological polar surface area (TPSA) is 70.9 Å². The fourth-order valence-corrected chi connectivity index (χ4v) is 3.19. The van der Waals surface area contributed by atoms with Gasteiger partial charge in [-0.05, 0) is 60.2 Å². The Hall–Kier alpha value is -2.54. The zero-order chi connectivity index (χ0) is 20.8. The number of benzene rings is 3. The average molecular weight is 494 g/mol. The molecule has 3 rings (SSSR count). The van der Waals surface area contributed by atoms with Crippen molar-refractivity contribution in [1.82, 2.24) is 5.43 Å². The number of nitrogens with one attached hydrogen (secondary N) is 1. The van der Waals surface area contributed by atoms with Gasteiger partial charge in [-0.2, -0.15) is 5.10 Å². The van der Waals surface area contributed by atoms with Gasteiger partial charge >= 0.3 is 0 Å². The molecule has 0 aliphatic heterocycles. The van der Waals surface area contributed by atoms with Gasteiger partial charge in [0.05, 0.1) is 11.8 Å². The average Bonchev–Trinajstić information content (AvgIpc) is 2.70. The molecule has 29 heavy (non-hydrogen) atoms. The van der Waals surface area contributed by atoms with Gasteiger partial charge in [-0.1, -0.05) is 45.2 Å². The molecule has 0 aromatic heterocycles. The first-order valence-corrected chi connectivity index (χ1v) is 9.96. The molecule has 0 saturated heterocycles. The Labute approximate surface area is 186 Å². The summed E-state index contributed by atoms with van der Waals surface area (Å²) in [7, 11) is 0. The van der Waals surface area contributed by atoms with E-state index in [1.54, 1.807) is 42.5 Å². The van der Waals surface area contributed by atoms with E-state index >= 15 is 0 Å². The molecule has 148 valence electrons. The van der Waals surface area contributed by atoms with Crippen LogP contribution < -0.4 is 10.2 Å². The Morgan fingerprint density at radius 1 is 1.10 bits per heavy atom. The smallest absolute Gasteiger partial charge is 0.275 e. The van der Waals surface area contributed by atoms with Crippen molar-refractivity contribution in [3.05, 3.63) is 91.9 Å². The molecule has 2 N–H and O–H groups in total. The summed E-state index contributed by atoms with van der Waals surface area (Å²) in [4.78, 5) is 12.1. The zero-order valence-corrected chi connectivity index (χ0v) is 18.0. The van der Waals surface area contributed by atoms with Crippen LogP contribution in [0.1, 0.15) is 21.5 Å². The van der Waals surface area contributed by atoms with Crippen LogP contribution in [0.5, 0.6) is 11.5 Å². The Bertz CT molecular complexity index is 1060. The number of hydrogen-bond acceptors (Lipinski definition) is 4. The molecule has 0 aliphatic rings.